The van der Waals surface area contributed by atoms with Gasteiger partial charge >= 0.3 is 12.1 Å². The second kappa shape index (κ2) is 14.1. The zero-order chi connectivity index (χ0) is 32.1. The highest BCUT2D eigenvalue weighted by Crippen LogP contribution is 2.39. The van der Waals surface area contributed by atoms with E-state index in [1.54, 1.807) is 24.3 Å². The van der Waals surface area contributed by atoms with Gasteiger partial charge in [0.25, 0.3) is 0 Å². The number of alkyl halides is 3. The van der Waals surface area contributed by atoms with Gasteiger partial charge in [0.2, 0.25) is 5.91 Å². The number of hydrogen-bond acceptors (Lipinski definition) is 6. The average molecular weight is 626 g/mol. The molecule has 2 saturated heterocycles. The number of benzene rings is 3. The summed E-state index contributed by atoms with van der Waals surface area (Å²) in [5, 5.41) is 12.1. The van der Waals surface area contributed by atoms with Crippen LogP contribution in [0.1, 0.15) is 66.9 Å². The molecule has 2 N–H and O–H groups in total. The lowest BCUT2D eigenvalue weighted by molar-refractivity contribution is -0.253. The second-order valence-electron chi connectivity index (χ2n) is 11.6. The van der Waals surface area contributed by atoms with Gasteiger partial charge in [0.1, 0.15) is 6.04 Å². The van der Waals surface area contributed by atoms with Crippen molar-refractivity contribution in [3.05, 3.63) is 101 Å². The Kier molecular flexibility index (Phi) is 10.2. The maximum atomic E-state index is 13.0. The highest BCUT2D eigenvalue weighted by atomic mass is 19.4. The molecule has 2 aliphatic rings. The number of rotatable bonds is 9. The van der Waals surface area contributed by atoms with Crippen LogP contribution in [0.5, 0.6) is 0 Å². The highest BCUT2D eigenvalue weighted by molar-refractivity contribution is 5.98. The van der Waals surface area contributed by atoms with Gasteiger partial charge in [0.05, 0.1) is 18.8 Å². The molecule has 2 aliphatic heterocycles. The Balaban J connectivity index is 1.29. The number of likely N-dealkylation sites (tertiary alicyclic amines) is 1. The number of aliphatic hydroxyl groups is 1. The summed E-state index contributed by atoms with van der Waals surface area (Å²) in [4.78, 5) is 27.5. The average Bonchev–Trinajstić information content (AvgIpc) is 3.54. The molecule has 8 nitrogen and oxygen atoms in total. The predicted molar refractivity (Wildman–Crippen MR) is 162 cm³/mol. The SMILES string of the molecule is CC(c1ccccc1)N(C)CC1CC(c2ccc(CO)cc2)OC(c2ccc(NC(=O)C3CCCN3C(=O)C(F)(F)F)cc2)O1. The van der Waals surface area contributed by atoms with E-state index in [4.69, 9.17) is 9.47 Å². The Morgan fingerprint density at radius 2 is 1.67 bits per heavy atom. The first kappa shape index (κ1) is 32.6. The number of nitrogens with zero attached hydrogens (tertiary/aromatic N) is 2. The lowest BCUT2D eigenvalue weighted by Crippen LogP contribution is -2.48. The number of nitrogens with one attached hydrogen (secondary N) is 1. The van der Waals surface area contributed by atoms with Gasteiger partial charge in [-0.05, 0) is 55.6 Å². The molecule has 5 unspecified atom stereocenters. The van der Waals surface area contributed by atoms with Crippen molar-refractivity contribution in [2.24, 2.45) is 0 Å². The fraction of sp³-hybridized carbons (Fsp3) is 0.412. The summed E-state index contributed by atoms with van der Waals surface area (Å²) in [6.45, 7) is 2.62. The molecule has 3 aromatic rings. The number of halogens is 3. The molecular formula is C34H38F3N3O5. The van der Waals surface area contributed by atoms with Crippen LogP contribution in [0.4, 0.5) is 18.9 Å². The fourth-order valence-electron chi connectivity index (χ4n) is 5.89. The highest BCUT2D eigenvalue weighted by Gasteiger charge is 2.47. The molecule has 2 fully saturated rings. The van der Waals surface area contributed by atoms with Crippen LogP contribution in [0.25, 0.3) is 0 Å². The maximum absolute atomic E-state index is 13.0. The van der Waals surface area contributed by atoms with Gasteiger partial charge in [-0.3, -0.25) is 14.5 Å². The zero-order valence-corrected chi connectivity index (χ0v) is 25.2. The van der Waals surface area contributed by atoms with Crippen LogP contribution in [0, 0.1) is 0 Å². The van der Waals surface area contributed by atoms with Crippen LogP contribution in [-0.2, 0) is 25.7 Å². The van der Waals surface area contributed by atoms with Crippen molar-refractivity contribution in [3.8, 4) is 0 Å². The first-order chi connectivity index (χ1) is 21.5. The van der Waals surface area contributed by atoms with E-state index >= 15 is 0 Å². The van der Waals surface area contributed by atoms with Gasteiger partial charge in [-0.2, -0.15) is 13.2 Å². The summed E-state index contributed by atoms with van der Waals surface area (Å²) in [6, 6.07) is 23.6. The topological polar surface area (TPSA) is 91.3 Å². The van der Waals surface area contributed by atoms with Crippen molar-refractivity contribution in [2.45, 2.75) is 69.6 Å². The number of aliphatic hydroxyl groups excluding tert-OH is 1. The minimum Gasteiger partial charge on any atom is -0.392 e. The van der Waals surface area contributed by atoms with Crippen molar-refractivity contribution in [1.29, 1.82) is 0 Å². The number of carbonyl (C=O) groups is 2. The lowest BCUT2D eigenvalue weighted by atomic mass is 9.99. The molecule has 0 saturated carbocycles. The number of carbonyl (C=O) groups excluding carboxylic acids is 2. The fourth-order valence-corrected chi connectivity index (χ4v) is 5.89. The Bertz CT molecular complexity index is 1440. The Labute approximate surface area is 260 Å². The number of amides is 2. The molecule has 0 spiro atoms. The molecule has 240 valence electrons. The first-order valence-corrected chi connectivity index (χ1v) is 15.1. The van der Waals surface area contributed by atoms with Crippen LogP contribution in [0.3, 0.4) is 0 Å². The molecule has 45 heavy (non-hydrogen) atoms. The molecular weight excluding hydrogens is 587 g/mol. The van der Waals surface area contributed by atoms with E-state index in [1.807, 2.05) is 42.5 Å². The summed E-state index contributed by atoms with van der Waals surface area (Å²) in [6.07, 6.45) is -5.11. The number of likely N-dealkylation sites (N-methyl/N-ethyl adjacent to an activating group) is 1. The molecule has 0 aromatic heterocycles. The second-order valence-corrected chi connectivity index (χ2v) is 11.6. The summed E-state index contributed by atoms with van der Waals surface area (Å²) in [7, 11) is 2.06. The first-order valence-electron chi connectivity index (χ1n) is 15.1. The summed E-state index contributed by atoms with van der Waals surface area (Å²) in [5.74, 6) is -2.66. The predicted octanol–water partition coefficient (Wildman–Crippen LogP) is 5.91. The van der Waals surface area contributed by atoms with Gasteiger partial charge in [-0.1, -0.05) is 66.7 Å². The smallest absolute Gasteiger partial charge is 0.392 e. The van der Waals surface area contributed by atoms with E-state index in [9.17, 15) is 27.9 Å². The maximum Gasteiger partial charge on any atom is 0.471 e. The quantitative estimate of drug-likeness (QED) is 0.308. The van der Waals surface area contributed by atoms with Crippen LogP contribution >= 0.6 is 0 Å². The molecule has 0 radical (unpaired) electrons. The molecule has 2 amide bonds. The van der Waals surface area contributed by atoms with Gasteiger partial charge in [-0.15, -0.1) is 0 Å². The van der Waals surface area contributed by atoms with E-state index in [0.29, 0.717) is 35.5 Å². The molecule has 11 heteroatoms. The van der Waals surface area contributed by atoms with E-state index in [2.05, 4.69) is 36.3 Å². The molecule has 5 rings (SSSR count). The summed E-state index contributed by atoms with van der Waals surface area (Å²) < 4.78 is 51.9. The number of hydrogen-bond donors (Lipinski definition) is 2. The largest absolute Gasteiger partial charge is 0.471 e. The van der Waals surface area contributed by atoms with E-state index in [0.717, 1.165) is 11.1 Å². The Hall–Kier alpha value is -3.77. The van der Waals surface area contributed by atoms with Gasteiger partial charge in [-0.25, -0.2) is 0 Å². The molecule has 2 heterocycles. The van der Waals surface area contributed by atoms with Crippen molar-refractivity contribution in [3.63, 3.8) is 0 Å². The third-order valence-corrected chi connectivity index (χ3v) is 8.56. The Morgan fingerprint density at radius 1 is 1.00 bits per heavy atom. The van der Waals surface area contributed by atoms with Crippen LogP contribution in [0.2, 0.25) is 0 Å². The summed E-state index contributed by atoms with van der Waals surface area (Å²) >= 11 is 0. The van der Waals surface area contributed by atoms with Crippen molar-refractivity contribution < 1.29 is 37.3 Å². The van der Waals surface area contributed by atoms with Crippen LogP contribution < -0.4 is 5.32 Å². The molecule has 0 aliphatic carbocycles. The van der Waals surface area contributed by atoms with Crippen molar-refractivity contribution >= 4 is 17.5 Å². The normalized spacial score (nSPS) is 22.8. The van der Waals surface area contributed by atoms with Gasteiger partial charge in [0, 0.05) is 36.8 Å². The summed E-state index contributed by atoms with van der Waals surface area (Å²) in [5.41, 5.74) is 4.05. The van der Waals surface area contributed by atoms with E-state index in [1.165, 1.54) is 5.56 Å². The standard InChI is InChI=1S/C34H38F3N3O5/c1-22(24-7-4-3-5-8-24)39(2)20-28-19-30(25-12-10-23(21-41)11-13-25)45-32(44-28)26-14-16-27(17-15-26)38-31(42)29-9-6-18-40(29)33(43)34(35,36)37/h3-5,7-8,10-17,22,28-30,32,41H,6,9,18-21H2,1-2H3,(H,38,42). The van der Waals surface area contributed by atoms with Crippen LogP contribution in [-0.4, -0.2) is 65.2 Å². The van der Waals surface area contributed by atoms with Gasteiger partial charge < -0.3 is 24.8 Å². The van der Waals surface area contributed by atoms with Gasteiger partial charge in [0.15, 0.2) is 6.29 Å². The molecule has 3 aromatic carbocycles. The van der Waals surface area contributed by atoms with E-state index < -0.39 is 30.3 Å². The lowest BCUT2D eigenvalue weighted by Gasteiger charge is -2.39. The number of ether oxygens (including phenoxy) is 2. The molecule has 0 bridgehead atoms. The zero-order valence-electron chi connectivity index (χ0n) is 25.2. The third kappa shape index (κ3) is 7.91. The monoisotopic (exact) mass is 625 g/mol. The Morgan fingerprint density at radius 3 is 2.31 bits per heavy atom. The molecule has 5 atom stereocenters. The van der Waals surface area contributed by atoms with Crippen molar-refractivity contribution in [1.82, 2.24) is 9.80 Å². The number of anilines is 1. The minimum atomic E-state index is -5.03. The third-order valence-electron chi connectivity index (χ3n) is 8.56. The van der Waals surface area contributed by atoms with E-state index in [-0.39, 0.29) is 37.8 Å². The minimum absolute atomic E-state index is 0.0529. The van der Waals surface area contributed by atoms with Crippen molar-refractivity contribution in [2.75, 3.05) is 25.5 Å². The van der Waals surface area contributed by atoms with Crippen LogP contribution in [0.15, 0.2) is 78.9 Å².